The van der Waals surface area contributed by atoms with E-state index in [-0.39, 0.29) is 0 Å². The van der Waals surface area contributed by atoms with E-state index in [9.17, 15) is 0 Å². The lowest BCUT2D eigenvalue weighted by molar-refractivity contribution is 0.316. The third kappa shape index (κ3) is 4.09. The molecule has 112 valence electrons. The highest BCUT2D eigenvalue weighted by molar-refractivity contribution is 5.32. The summed E-state index contributed by atoms with van der Waals surface area (Å²) in [5.41, 5.74) is 4.23. The molecule has 1 aliphatic rings. The van der Waals surface area contributed by atoms with Gasteiger partial charge < -0.3 is 5.32 Å². The van der Waals surface area contributed by atoms with Crippen LogP contribution in [0.15, 0.2) is 18.2 Å². The Kier molecular flexibility index (Phi) is 5.65. The van der Waals surface area contributed by atoms with Gasteiger partial charge in [-0.15, -0.1) is 0 Å². The monoisotopic (exact) mass is 273 g/mol. The number of benzene rings is 1. The van der Waals surface area contributed by atoms with Crippen LogP contribution in [-0.2, 0) is 0 Å². The molecular formula is C19H31N. The molecule has 20 heavy (non-hydrogen) atoms. The van der Waals surface area contributed by atoms with Gasteiger partial charge in [-0.3, -0.25) is 0 Å². The Balaban J connectivity index is 1.97. The Morgan fingerprint density at radius 3 is 2.25 bits per heavy atom. The molecule has 0 aliphatic heterocycles. The van der Waals surface area contributed by atoms with Crippen LogP contribution < -0.4 is 5.32 Å². The predicted molar refractivity (Wildman–Crippen MR) is 88.1 cm³/mol. The van der Waals surface area contributed by atoms with Crippen molar-refractivity contribution in [3.8, 4) is 0 Å². The average Bonchev–Trinajstić information content (AvgIpc) is 2.67. The van der Waals surface area contributed by atoms with E-state index in [4.69, 9.17) is 0 Å². The van der Waals surface area contributed by atoms with Crippen LogP contribution in [0.4, 0.5) is 0 Å². The number of aryl methyl sites for hydroxylation is 2. The lowest BCUT2D eigenvalue weighted by Crippen LogP contribution is -2.35. The van der Waals surface area contributed by atoms with E-state index >= 15 is 0 Å². The van der Waals surface area contributed by atoms with Gasteiger partial charge in [0.05, 0.1) is 0 Å². The van der Waals surface area contributed by atoms with Gasteiger partial charge in [-0.25, -0.2) is 0 Å². The zero-order valence-corrected chi connectivity index (χ0v) is 13.7. The van der Waals surface area contributed by atoms with Gasteiger partial charge >= 0.3 is 0 Å². The van der Waals surface area contributed by atoms with Crippen molar-refractivity contribution in [2.45, 2.75) is 78.3 Å². The fourth-order valence-electron chi connectivity index (χ4n) is 3.74. The summed E-state index contributed by atoms with van der Waals surface area (Å²) in [4.78, 5) is 0. The highest BCUT2D eigenvalue weighted by Crippen LogP contribution is 2.27. The zero-order valence-electron chi connectivity index (χ0n) is 13.7. The zero-order chi connectivity index (χ0) is 14.5. The Labute approximate surface area is 125 Å². The van der Waals surface area contributed by atoms with Crippen molar-refractivity contribution in [2.75, 3.05) is 0 Å². The van der Waals surface area contributed by atoms with Crippen LogP contribution in [0.3, 0.4) is 0 Å². The molecule has 0 amide bonds. The van der Waals surface area contributed by atoms with E-state index in [2.05, 4.69) is 51.2 Å². The van der Waals surface area contributed by atoms with Gasteiger partial charge in [0.15, 0.2) is 0 Å². The molecule has 0 aromatic heterocycles. The Hall–Kier alpha value is -0.820. The van der Waals surface area contributed by atoms with Crippen molar-refractivity contribution in [2.24, 2.45) is 5.92 Å². The van der Waals surface area contributed by atoms with Gasteiger partial charge in [0.2, 0.25) is 0 Å². The van der Waals surface area contributed by atoms with Gasteiger partial charge in [0.1, 0.15) is 0 Å². The third-order valence-electron chi connectivity index (χ3n) is 5.01. The first-order valence-electron chi connectivity index (χ1n) is 8.41. The molecule has 0 spiro atoms. The molecule has 0 saturated heterocycles. The van der Waals surface area contributed by atoms with Crippen LogP contribution in [0.25, 0.3) is 0 Å². The standard InChI is InChI=1S/C19H31N/c1-14-11-12-19(15(2)13-14)17(4)20-16(3)18-9-7-5-6-8-10-18/h11-13,16-18,20H,5-10H2,1-4H3/t16-,17?/m1/s1. The van der Waals surface area contributed by atoms with Gasteiger partial charge in [0.25, 0.3) is 0 Å². The highest BCUT2D eigenvalue weighted by Gasteiger charge is 2.21. The summed E-state index contributed by atoms with van der Waals surface area (Å²) in [5.74, 6) is 0.866. The Bertz CT molecular complexity index is 416. The molecule has 0 bridgehead atoms. The number of hydrogen-bond acceptors (Lipinski definition) is 1. The summed E-state index contributed by atoms with van der Waals surface area (Å²) in [6.45, 7) is 9.10. The summed E-state index contributed by atoms with van der Waals surface area (Å²) in [5, 5.41) is 3.85. The maximum atomic E-state index is 3.85. The molecule has 1 aromatic rings. The normalized spacial score (nSPS) is 20.4. The van der Waals surface area contributed by atoms with Crippen molar-refractivity contribution in [1.82, 2.24) is 5.32 Å². The molecule has 1 saturated carbocycles. The smallest absolute Gasteiger partial charge is 0.0296 e. The summed E-state index contributed by atoms with van der Waals surface area (Å²) in [6, 6.07) is 7.90. The summed E-state index contributed by atoms with van der Waals surface area (Å²) in [6.07, 6.45) is 8.55. The fourth-order valence-corrected chi connectivity index (χ4v) is 3.74. The number of rotatable bonds is 4. The minimum Gasteiger partial charge on any atom is -0.307 e. The van der Waals surface area contributed by atoms with E-state index in [1.54, 1.807) is 0 Å². The second-order valence-electron chi connectivity index (χ2n) is 6.79. The first-order chi connectivity index (χ1) is 9.58. The molecule has 1 heteroatoms. The average molecular weight is 273 g/mol. The third-order valence-corrected chi connectivity index (χ3v) is 5.01. The second-order valence-corrected chi connectivity index (χ2v) is 6.79. The van der Waals surface area contributed by atoms with Crippen LogP contribution in [0, 0.1) is 19.8 Å². The number of hydrogen-bond donors (Lipinski definition) is 1. The van der Waals surface area contributed by atoms with Gasteiger partial charge in [-0.1, -0.05) is 49.4 Å². The lowest BCUT2D eigenvalue weighted by atomic mass is 9.91. The van der Waals surface area contributed by atoms with E-state index in [1.165, 1.54) is 55.2 Å². The van der Waals surface area contributed by atoms with Gasteiger partial charge in [-0.2, -0.15) is 0 Å². The van der Waals surface area contributed by atoms with E-state index in [0.29, 0.717) is 12.1 Å². The van der Waals surface area contributed by atoms with Gasteiger partial charge in [0, 0.05) is 12.1 Å². The summed E-state index contributed by atoms with van der Waals surface area (Å²) < 4.78 is 0. The summed E-state index contributed by atoms with van der Waals surface area (Å²) in [7, 11) is 0. The summed E-state index contributed by atoms with van der Waals surface area (Å²) >= 11 is 0. The predicted octanol–water partition coefficient (Wildman–Crippen LogP) is 5.31. The molecule has 0 heterocycles. The van der Waals surface area contributed by atoms with E-state index in [1.807, 2.05) is 0 Å². The molecule has 2 atom stereocenters. The van der Waals surface area contributed by atoms with Crippen LogP contribution in [0.5, 0.6) is 0 Å². The van der Waals surface area contributed by atoms with Crippen molar-refractivity contribution in [3.05, 3.63) is 34.9 Å². The van der Waals surface area contributed by atoms with Crippen LogP contribution in [0.2, 0.25) is 0 Å². The molecule has 2 rings (SSSR count). The molecule has 0 radical (unpaired) electrons. The molecule has 1 unspecified atom stereocenters. The van der Waals surface area contributed by atoms with Crippen LogP contribution in [-0.4, -0.2) is 6.04 Å². The fraction of sp³-hybridized carbons (Fsp3) is 0.684. The molecule has 1 N–H and O–H groups in total. The molecule has 1 nitrogen and oxygen atoms in total. The van der Waals surface area contributed by atoms with E-state index < -0.39 is 0 Å². The Morgan fingerprint density at radius 2 is 1.65 bits per heavy atom. The first-order valence-corrected chi connectivity index (χ1v) is 8.41. The highest BCUT2D eigenvalue weighted by atomic mass is 14.9. The van der Waals surface area contributed by atoms with Crippen molar-refractivity contribution in [3.63, 3.8) is 0 Å². The maximum absolute atomic E-state index is 3.85. The Morgan fingerprint density at radius 1 is 1.00 bits per heavy atom. The topological polar surface area (TPSA) is 12.0 Å². The van der Waals surface area contributed by atoms with Gasteiger partial charge in [-0.05, 0) is 57.6 Å². The lowest BCUT2D eigenvalue weighted by Gasteiger charge is -2.28. The molecule has 1 aromatic carbocycles. The largest absolute Gasteiger partial charge is 0.307 e. The minimum atomic E-state index is 0.453. The van der Waals surface area contributed by atoms with E-state index in [0.717, 1.165) is 5.92 Å². The van der Waals surface area contributed by atoms with Crippen molar-refractivity contribution < 1.29 is 0 Å². The molecule has 1 aliphatic carbocycles. The first kappa shape index (κ1) is 15.6. The minimum absolute atomic E-state index is 0.453. The van der Waals surface area contributed by atoms with Crippen LogP contribution in [0.1, 0.15) is 75.1 Å². The molecule has 1 fully saturated rings. The van der Waals surface area contributed by atoms with Crippen molar-refractivity contribution >= 4 is 0 Å². The quantitative estimate of drug-likeness (QED) is 0.733. The SMILES string of the molecule is Cc1ccc(C(C)N[C@H](C)C2CCCCCC2)c(C)c1. The number of nitrogens with one attached hydrogen (secondary N) is 1. The van der Waals surface area contributed by atoms with Crippen LogP contribution >= 0.6 is 0 Å². The molecular weight excluding hydrogens is 242 g/mol. The van der Waals surface area contributed by atoms with Crippen molar-refractivity contribution in [1.29, 1.82) is 0 Å². The maximum Gasteiger partial charge on any atom is 0.0296 e. The second kappa shape index (κ2) is 7.26.